The molecule has 0 aromatic carbocycles. The number of piperidine rings is 1. The molecule has 0 unspecified atom stereocenters. The number of rotatable bonds is 6. The summed E-state index contributed by atoms with van der Waals surface area (Å²) < 4.78 is 0. The Morgan fingerprint density at radius 1 is 1.12 bits per heavy atom. The Hall–Kier alpha value is -2.48. The Balaban J connectivity index is 1.25. The third-order valence-corrected chi connectivity index (χ3v) is 7.38. The summed E-state index contributed by atoms with van der Waals surface area (Å²) in [7, 11) is 0. The first-order chi connectivity index (χ1) is 15.6. The van der Waals surface area contributed by atoms with Crippen LogP contribution in [0.25, 0.3) is 0 Å². The molecular weight excluding hydrogens is 402 g/mol. The van der Waals surface area contributed by atoms with Gasteiger partial charge in [-0.25, -0.2) is 15.0 Å². The Morgan fingerprint density at radius 3 is 2.66 bits per heavy atom. The lowest BCUT2D eigenvalue weighted by molar-refractivity contribution is -0.116. The highest BCUT2D eigenvalue weighted by molar-refractivity contribution is 5.94. The standard InChI is InChI=1S/C24H35N7O/c1-3-18-19(8-11-30-9-4-5-10-30)28-22(27-18)17-6-12-31(13-7-17)24-21-16(2)14-20(32)29-23(21)25-15-26-24/h15-17H,3-14H2,1-2H3,(H,27,28)(H,25,26,29,32)/t16-/m1/s1. The van der Waals surface area contributed by atoms with Crippen molar-refractivity contribution in [3.8, 4) is 0 Å². The largest absolute Gasteiger partial charge is 0.356 e. The number of aryl methyl sites for hydroxylation is 1. The Labute approximate surface area is 190 Å². The number of nitrogens with zero attached hydrogens (tertiary/aromatic N) is 5. The van der Waals surface area contributed by atoms with Crippen molar-refractivity contribution in [2.45, 2.75) is 70.6 Å². The van der Waals surface area contributed by atoms with E-state index in [9.17, 15) is 4.79 Å². The van der Waals surface area contributed by atoms with Crippen molar-refractivity contribution >= 4 is 17.5 Å². The summed E-state index contributed by atoms with van der Waals surface area (Å²) in [5.74, 6) is 3.49. The molecule has 172 valence electrons. The summed E-state index contributed by atoms with van der Waals surface area (Å²) in [6.07, 6.45) is 8.93. The van der Waals surface area contributed by atoms with Gasteiger partial charge in [-0.15, -0.1) is 0 Å². The topological polar surface area (TPSA) is 90.0 Å². The lowest BCUT2D eigenvalue weighted by atomic mass is 9.92. The molecule has 2 aromatic heterocycles. The molecule has 5 rings (SSSR count). The Morgan fingerprint density at radius 2 is 1.91 bits per heavy atom. The summed E-state index contributed by atoms with van der Waals surface area (Å²) in [5.41, 5.74) is 3.67. The maximum Gasteiger partial charge on any atom is 0.226 e. The van der Waals surface area contributed by atoms with E-state index in [1.54, 1.807) is 6.33 Å². The van der Waals surface area contributed by atoms with Crippen molar-refractivity contribution in [3.63, 3.8) is 0 Å². The van der Waals surface area contributed by atoms with Crippen LogP contribution in [-0.4, -0.2) is 63.5 Å². The van der Waals surface area contributed by atoms with E-state index in [1.165, 1.54) is 43.1 Å². The number of hydrogen-bond acceptors (Lipinski definition) is 6. The second-order valence-electron chi connectivity index (χ2n) is 9.57. The molecule has 32 heavy (non-hydrogen) atoms. The molecule has 0 spiro atoms. The van der Waals surface area contributed by atoms with Crippen molar-refractivity contribution in [3.05, 3.63) is 29.1 Å². The minimum Gasteiger partial charge on any atom is -0.356 e. The number of aromatic amines is 1. The normalized spacial score (nSPS) is 22.2. The van der Waals surface area contributed by atoms with E-state index < -0.39 is 0 Å². The SMILES string of the molecule is CCc1nc(C2CCN(c3ncnc4c3[C@H](C)CC(=O)N4)CC2)[nH]c1CCN1CCCC1. The number of H-pyrrole nitrogens is 1. The molecule has 0 aliphatic carbocycles. The average molecular weight is 438 g/mol. The molecule has 2 aromatic rings. The van der Waals surface area contributed by atoms with Crippen LogP contribution in [0.15, 0.2) is 6.33 Å². The molecule has 2 fully saturated rings. The number of carbonyl (C=O) groups excluding carboxylic acids is 1. The summed E-state index contributed by atoms with van der Waals surface area (Å²) in [6.45, 7) is 9.82. The fourth-order valence-corrected chi connectivity index (χ4v) is 5.56. The molecule has 0 saturated carbocycles. The van der Waals surface area contributed by atoms with Crippen LogP contribution in [0, 0.1) is 0 Å². The number of carbonyl (C=O) groups is 1. The summed E-state index contributed by atoms with van der Waals surface area (Å²) >= 11 is 0. The van der Waals surface area contributed by atoms with Crippen LogP contribution < -0.4 is 10.2 Å². The number of hydrogen-bond donors (Lipinski definition) is 2. The van der Waals surface area contributed by atoms with E-state index in [2.05, 4.69) is 43.9 Å². The number of fused-ring (bicyclic) bond motifs is 1. The van der Waals surface area contributed by atoms with Crippen LogP contribution in [0.1, 0.15) is 80.6 Å². The van der Waals surface area contributed by atoms with Crippen LogP contribution in [0.4, 0.5) is 11.6 Å². The van der Waals surface area contributed by atoms with Gasteiger partial charge in [0, 0.05) is 49.7 Å². The Bertz CT molecular complexity index is 957. The maximum absolute atomic E-state index is 11.9. The summed E-state index contributed by atoms with van der Waals surface area (Å²) in [4.78, 5) is 34.5. The quantitative estimate of drug-likeness (QED) is 0.721. The van der Waals surface area contributed by atoms with Gasteiger partial charge < -0.3 is 20.1 Å². The van der Waals surface area contributed by atoms with Crippen molar-refractivity contribution < 1.29 is 4.79 Å². The number of anilines is 2. The number of amides is 1. The van der Waals surface area contributed by atoms with Gasteiger partial charge in [-0.2, -0.15) is 0 Å². The van der Waals surface area contributed by atoms with Gasteiger partial charge in [-0.05, 0) is 51.1 Å². The highest BCUT2D eigenvalue weighted by atomic mass is 16.1. The summed E-state index contributed by atoms with van der Waals surface area (Å²) in [5, 5.41) is 2.92. The second-order valence-corrected chi connectivity index (χ2v) is 9.57. The first-order valence-electron chi connectivity index (χ1n) is 12.3. The van der Waals surface area contributed by atoms with Crippen molar-refractivity contribution in [1.82, 2.24) is 24.8 Å². The van der Waals surface area contributed by atoms with Gasteiger partial charge in [0.05, 0.1) is 5.69 Å². The molecule has 0 radical (unpaired) electrons. The predicted octanol–water partition coefficient (Wildman–Crippen LogP) is 3.23. The second kappa shape index (κ2) is 9.17. The molecule has 3 aliphatic heterocycles. The van der Waals surface area contributed by atoms with E-state index in [-0.39, 0.29) is 11.8 Å². The highest BCUT2D eigenvalue weighted by Gasteiger charge is 2.31. The van der Waals surface area contributed by atoms with E-state index in [1.807, 2.05) is 0 Å². The van der Waals surface area contributed by atoms with E-state index >= 15 is 0 Å². The van der Waals surface area contributed by atoms with Crippen molar-refractivity contribution in [2.24, 2.45) is 0 Å². The minimum atomic E-state index is 0.0402. The van der Waals surface area contributed by atoms with Crippen LogP contribution in [-0.2, 0) is 17.6 Å². The van der Waals surface area contributed by atoms with E-state index in [0.717, 1.165) is 56.7 Å². The molecule has 8 nitrogen and oxygen atoms in total. The van der Waals surface area contributed by atoms with Crippen LogP contribution in [0.5, 0.6) is 0 Å². The number of aromatic nitrogens is 4. The fourth-order valence-electron chi connectivity index (χ4n) is 5.56. The number of nitrogens with one attached hydrogen (secondary N) is 2. The van der Waals surface area contributed by atoms with Crippen molar-refractivity contribution in [2.75, 3.05) is 42.9 Å². The first-order valence-corrected chi connectivity index (χ1v) is 12.3. The number of imidazole rings is 1. The molecule has 5 heterocycles. The summed E-state index contributed by atoms with van der Waals surface area (Å²) in [6, 6.07) is 0. The van der Waals surface area contributed by atoms with Crippen LogP contribution in [0.3, 0.4) is 0 Å². The third-order valence-electron chi connectivity index (χ3n) is 7.38. The van der Waals surface area contributed by atoms with Gasteiger partial charge in [0.2, 0.25) is 5.91 Å². The fraction of sp³-hybridized carbons (Fsp3) is 0.667. The highest BCUT2D eigenvalue weighted by Crippen LogP contribution is 2.38. The molecule has 1 amide bonds. The molecule has 2 N–H and O–H groups in total. The molecule has 8 heteroatoms. The first kappa shape index (κ1) is 21.4. The molecule has 1 atom stereocenters. The molecule has 3 aliphatic rings. The average Bonchev–Trinajstić information content (AvgIpc) is 3.47. The van der Waals surface area contributed by atoms with Crippen LogP contribution >= 0.6 is 0 Å². The molecule has 2 saturated heterocycles. The number of likely N-dealkylation sites (tertiary alicyclic amines) is 1. The Kier molecular flexibility index (Phi) is 6.13. The zero-order chi connectivity index (χ0) is 22.1. The van der Waals surface area contributed by atoms with Gasteiger partial charge in [-0.3, -0.25) is 4.79 Å². The monoisotopic (exact) mass is 437 g/mol. The zero-order valence-corrected chi connectivity index (χ0v) is 19.4. The predicted molar refractivity (Wildman–Crippen MR) is 125 cm³/mol. The van der Waals surface area contributed by atoms with Gasteiger partial charge in [0.25, 0.3) is 0 Å². The van der Waals surface area contributed by atoms with Gasteiger partial charge in [-0.1, -0.05) is 13.8 Å². The smallest absolute Gasteiger partial charge is 0.226 e. The molecular formula is C24H35N7O. The molecule has 0 bridgehead atoms. The zero-order valence-electron chi connectivity index (χ0n) is 19.4. The van der Waals surface area contributed by atoms with Gasteiger partial charge >= 0.3 is 0 Å². The third kappa shape index (κ3) is 4.25. The lowest BCUT2D eigenvalue weighted by Crippen LogP contribution is -2.36. The maximum atomic E-state index is 11.9. The minimum absolute atomic E-state index is 0.0402. The van der Waals surface area contributed by atoms with Gasteiger partial charge in [0.15, 0.2) is 0 Å². The van der Waals surface area contributed by atoms with Crippen molar-refractivity contribution in [1.29, 1.82) is 0 Å². The van der Waals surface area contributed by atoms with E-state index in [0.29, 0.717) is 18.2 Å². The van der Waals surface area contributed by atoms with Gasteiger partial charge in [0.1, 0.15) is 23.8 Å². The van der Waals surface area contributed by atoms with Crippen LogP contribution in [0.2, 0.25) is 0 Å². The van der Waals surface area contributed by atoms with E-state index in [4.69, 9.17) is 4.98 Å². The lowest BCUT2D eigenvalue weighted by Gasteiger charge is -2.35.